The lowest BCUT2D eigenvalue weighted by Gasteiger charge is -1.97. The summed E-state index contributed by atoms with van der Waals surface area (Å²) in [6.45, 7) is 2.23. The number of hydrogen-bond donors (Lipinski definition) is 1. The molecule has 0 aliphatic heterocycles. The highest BCUT2D eigenvalue weighted by Gasteiger charge is 1.89. The Balaban J connectivity index is 2.96. The van der Waals surface area contributed by atoms with Crippen LogP contribution in [0, 0.1) is 0 Å². The molecule has 0 spiro atoms. The summed E-state index contributed by atoms with van der Waals surface area (Å²) in [6, 6.07) is 0. The van der Waals surface area contributed by atoms with Crippen molar-refractivity contribution < 1.29 is 5.11 Å². The highest BCUT2D eigenvalue weighted by molar-refractivity contribution is 14.1. The fourth-order valence-electron chi connectivity index (χ4n) is 1.15. The molecule has 0 aromatic heterocycles. The Morgan fingerprint density at radius 1 is 1.17 bits per heavy atom. The van der Waals surface area contributed by atoms with Gasteiger partial charge in [-0.25, -0.2) is 0 Å². The number of hydrogen-bond acceptors (Lipinski definition) is 1. The summed E-state index contributed by atoms with van der Waals surface area (Å²) < 4.78 is 0.432. The van der Waals surface area contributed by atoms with E-state index < -0.39 is 0 Å². The number of allylic oxidation sites excluding steroid dienone is 1. The van der Waals surface area contributed by atoms with Crippen molar-refractivity contribution in [3.63, 3.8) is 0 Å². The van der Waals surface area contributed by atoms with Crippen LogP contribution in [-0.4, -0.2) is 5.11 Å². The summed E-state index contributed by atoms with van der Waals surface area (Å²) in [7, 11) is 0. The van der Waals surface area contributed by atoms with Gasteiger partial charge in [0, 0.05) is 0 Å². The van der Waals surface area contributed by atoms with Gasteiger partial charge in [0.25, 0.3) is 0 Å². The number of rotatable bonds is 7. The molecule has 0 radical (unpaired) electrons. The van der Waals surface area contributed by atoms with Crippen molar-refractivity contribution in [1.82, 2.24) is 0 Å². The van der Waals surface area contributed by atoms with Gasteiger partial charge in [-0.3, -0.25) is 0 Å². The topological polar surface area (TPSA) is 20.2 Å². The molecule has 0 aromatic carbocycles. The summed E-state index contributed by atoms with van der Waals surface area (Å²) in [5.41, 5.74) is 0. The molecule has 2 heteroatoms. The fraction of sp³-hybridized carbons (Fsp3) is 0.800. The Morgan fingerprint density at radius 3 is 2.33 bits per heavy atom. The smallest absolute Gasteiger partial charge is 0.149 e. The van der Waals surface area contributed by atoms with Gasteiger partial charge in [-0.15, -0.1) is 0 Å². The van der Waals surface area contributed by atoms with E-state index in [1.165, 1.54) is 38.5 Å². The minimum absolute atomic E-state index is 0.432. The van der Waals surface area contributed by atoms with Gasteiger partial charge in [0.1, 0.15) is 3.77 Å². The third kappa shape index (κ3) is 10.3. The summed E-state index contributed by atoms with van der Waals surface area (Å²) in [6.07, 6.45) is 10.8. The Kier molecular flexibility index (Phi) is 9.57. The van der Waals surface area contributed by atoms with Crippen LogP contribution in [0.1, 0.15) is 51.9 Å². The molecule has 0 rings (SSSR count). The zero-order valence-electron chi connectivity index (χ0n) is 7.85. The molecule has 0 fully saturated rings. The van der Waals surface area contributed by atoms with Gasteiger partial charge < -0.3 is 5.11 Å². The summed E-state index contributed by atoms with van der Waals surface area (Å²) in [4.78, 5) is 0. The average molecular weight is 282 g/mol. The van der Waals surface area contributed by atoms with Crippen LogP contribution in [0.3, 0.4) is 0 Å². The Labute approximate surface area is 89.4 Å². The van der Waals surface area contributed by atoms with Gasteiger partial charge in [-0.1, -0.05) is 39.0 Å². The maximum absolute atomic E-state index is 8.84. The zero-order valence-corrected chi connectivity index (χ0v) is 10.0. The van der Waals surface area contributed by atoms with Crippen molar-refractivity contribution in [1.29, 1.82) is 0 Å². The lowest BCUT2D eigenvalue weighted by molar-refractivity contribution is 0.461. The fourth-order valence-corrected chi connectivity index (χ4v) is 1.46. The lowest BCUT2D eigenvalue weighted by atomic mass is 10.1. The standard InChI is InChI=1S/C10H19IO/c1-2-3-4-5-6-7-8-9-10(11)12/h9,12H,2-8H2,1H3. The van der Waals surface area contributed by atoms with E-state index in [-0.39, 0.29) is 0 Å². The highest BCUT2D eigenvalue weighted by Crippen LogP contribution is 2.09. The molecule has 0 aliphatic rings. The van der Waals surface area contributed by atoms with E-state index in [4.69, 9.17) is 5.11 Å². The van der Waals surface area contributed by atoms with E-state index in [9.17, 15) is 0 Å². The molecule has 0 atom stereocenters. The molecule has 1 N–H and O–H groups in total. The first-order valence-corrected chi connectivity index (χ1v) is 5.90. The summed E-state index contributed by atoms with van der Waals surface area (Å²) in [5, 5.41) is 8.84. The molecular weight excluding hydrogens is 263 g/mol. The van der Waals surface area contributed by atoms with E-state index in [0.29, 0.717) is 3.77 Å². The van der Waals surface area contributed by atoms with Gasteiger partial charge in [0.2, 0.25) is 0 Å². The molecular formula is C10H19IO. The summed E-state index contributed by atoms with van der Waals surface area (Å²) >= 11 is 1.93. The number of unbranched alkanes of at least 4 members (excludes halogenated alkanes) is 6. The molecule has 0 amide bonds. The predicted molar refractivity (Wildman–Crippen MR) is 62.7 cm³/mol. The first-order valence-electron chi connectivity index (χ1n) is 4.82. The van der Waals surface area contributed by atoms with Crippen LogP contribution < -0.4 is 0 Å². The molecule has 72 valence electrons. The molecule has 1 nitrogen and oxygen atoms in total. The Hall–Kier alpha value is 0.270. The second-order valence-electron chi connectivity index (χ2n) is 3.08. The highest BCUT2D eigenvalue weighted by atomic mass is 127. The summed E-state index contributed by atoms with van der Waals surface area (Å²) in [5.74, 6) is 0. The Bertz CT molecular complexity index is 117. The van der Waals surface area contributed by atoms with E-state index in [2.05, 4.69) is 6.92 Å². The maximum Gasteiger partial charge on any atom is 0.149 e. The van der Waals surface area contributed by atoms with Crippen molar-refractivity contribution in [3.8, 4) is 0 Å². The van der Waals surface area contributed by atoms with Crippen molar-refractivity contribution in [3.05, 3.63) is 9.84 Å². The minimum atomic E-state index is 0.432. The number of halogens is 1. The molecule has 12 heavy (non-hydrogen) atoms. The average Bonchev–Trinajstić information content (AvgIpc) is 2.02. The number of aliphatic hydroxyl groups is 1. The van der Waals surface area contributed by atoms with Crippen LogP contribution in [0.5, 0.6) is 0 Å². The van der Waals surface area contributed by atoms with Crippen LogP contribution in [-0.2, 0) is 0 Å². The van der Waals surface area contributed by atoms with Crippen LogP contribution in [0.25, 0.3) is 0 Å². The van der Waals surface area contributed by atoms with Crippen molar-refractivity contribution in [2.75, 3.05) is 0 Å². The van der Waals surface area contributed by atoms with Gasteiger partial charge in [-0.2, -0.15) is 0 Å². The van der Waals surface area contributed by atoms with E-state index >= 15 is 0 Å². The van der Waals surface area contributed by atoms with E-state index in [1.807, 2.05) is 28.7 Å². The van der Waals surface area contributed by atoms with E-state index in [0.717, 1.165) is 6.42 Å². The molecule has 0 saturated heterocycles. The van der Waals surface area contributed by atoms with Crippen LogP contribution >= 0.6 is 22.6 Å². The van der Waals surface area contributed by atoms with Crippen LogP contribution in [0.2, 0.25) is 0 Å². The monoisotopic (exact) mass is 282 g/mol. The molecule has 0 unspecified atom stereocenters. The first-order chi connectivity index (χ1) is 5.77. The first kappa shape index (κ1) is 12.3. The molecule has 0 aliphatic carbocycles. The Morgan fingerprint density at radius 2 is 1.75 bits per heavy atom. The molecule has 0 aromatic rings. The zero-order chi connectivity index (χ0) is 9.23. The maximum atomic E-state index is 8.84. The van der Waals surface area contributed by atoms with Gasteiger partial charge in [0.15, 0.2) is 0 Å². The van der Waals surface area contributed by atoms with Crippen molar-refractivity contribution in [2.45, 2.75) is 51.9 Å². The quantitative estimate of drug-likeness (QED) is 0.412. The third-order valence-corrected chi connectivity index (χ3v) is 2.31. The largest absolute Gasteiger partial charge is 0.503 e. The van der Waals surface area contributed by atoms with E-state index in [1.54, 1.807) is 0 Å². The lowest BCUT2D eigenvalue weighted by Crippen LogP contribution is -1.78. The van der Waals surface area contributed by atoms with Crippen molar-refractivity contribution in [2.24, 2.45) is 0 Å². The predicted octanol–water partition coefficient (Wildman–Crippen LogP) is 4.57. The SMILES string of the molecule is CCCCCCCCC=C(O)I. The van der Waals surface area contributed by atoms with Crippen LogP contribution in [0.15, 0.2) is 9.84 Å². The second-order valence-corrected chi connectivity index (χ2v) is 4.19. The molecule has 0 heterocycles. The number of aliphatic hydroxyl groups excluding tert-OH is 1. The van der Waals surface area contributed by atoms with Crippen LogP contribution in [0.4, 0.5) is 0 Å². The normalized spacial score (nSPS) is 12.0. The molecule has 0 bridgehead atoms. The van der Waals surface area contributed by atoms with Gasteiger partial charge in [-0.05, 0) is 41.5 Å². The third-order valence-electron chi connectivity index (χ3n) is 1.87. The molecule has 0 saturated carbocycles. The second kappa shape index (κ2) is 9.36. The van der Waals surface area contributed by atoms with Gasteiger partial charge in [0.05, 0.1) is 0 Å². The van der Waals surface area contributed by atoms with Gasteiger partial charge >= 0.3 is 0 Å². The minimum Gasteiger partial charge on any atom is -0.503 e. The van der Waals surface area contributed by atoms with Crippen molar-refractivity contribution >= 4 is 22.6 Å².